The number of thiophene rings is 1. The lowest BCUT2D eigenvalue weighted by molar-refractivity contribution is 0.532. The molecule has 2 aromatic rings. The predicted octanol–water partition coefficient (Wildman–Crippen LogP) is 4.21. The van der Waals surface area contributed by atoms with Gasteiger partial charge in [0.2, 0.25) is 0 Å². The van der Waals surface area contributed by atoms with Crippen LogP contribution in [0.25, 0.3) is 0 Å². The Morgan fingerprint density at radius 2 is 1.90 bits per heavy atom. The molecular weight excluding hydrogens is 268 g/mol. The van der Waals surface area contributed by atoms with Crippen LogP contribution in [0.4, 0.5) is 11.5 Å². The number of anilines is 2. The molecule has 0 amide bonds. The summed E-state index contributed by atoms with van der Waals surface area (Å²) < 4.78 is 1.97. The Morgan fingerprint density at radius 3 is 2.40 bits per heavy atom. The number of hydrogen-bond acceptors (Lipinski definition) is 4. The Balaban J connectivity index is 2.32. The van der Waals surface area contributed by atoms with E-state index >= 15 is 0 Å². The van der Waals surface area contributed by atoms with Crippen LogP contribution in [-0.4, -0.2) is 9.78 Å². The first-order valence-corrected chi connectivity index (χ1v) is 7.81. The van der Waals surface area contributed by atoms with Crippen molar-refractivity contribution >= 4 is 22.8 Å². The maximum Gasteiger partial charge on any atom is 0.148 e. The summed E-state index contributed by atoms with van der Waals surface area (Å²) in [6.45, 7) is 12.7. The van der Waals surface area contributed by atoms with Gasteiger partial charge in [-0.3, -0.25) is 0 Å². The monoisotopic (exact) mass is 292 g/mol. The zero-order chi connectivity index (χ0) is 15.0. The minimum absolute atomic E-state index is 0.218. The van der Waals surface area contributed by atoms with Gasteiger partial charge in [-0.25, -0.2) is 4.68 Å². The molecule has 0 saturated heterocycles. The second-order valence-electron chi connectivity index (χ2n) is 5.62. The van der Waals surface area contributed by atoms with Gasteiger partial charge in [-0.2, -0.15) is 5.10 Å². The van der Waals surface area contributed by atoms with Crippen LogP contribution in [0.15, 0.2) is 6.07 Å². The molecule has 1 atom stereocenters. The molecule has 0 bridgehead atoms. The second-order valence-corrected chi connectivity index (χ2v) is 7.08. The minimum Gasteiger partial charge on any atom is -0.394 e. The van der Waals surface area contributed by atoms with Gasteiger partial charge in [0.15, 0.2) is 0 Å². The molecule has 0 aliphatic heterocycles. The number of rotatable bonds is 4. The number of aryl methyl sites for hydroxylation is 3. The highest BCUT2D eigenvalue weighted by molar-refractivity contribution is 7.12. The first-order valence-electron chi connectivity index (χ1n) is 6.99. The van der Waals surface area contributed by atoms with Crippen LogP contribution in [0.2, 0.25) is 0 Å². The first kappa shape index (κ1) is 14.9. The van der Waals surface area contributed by atoms with E-state index in [1.165, 1.54) is 15.3 Å². The van der Waals surface area contributed by atoms with Crippen molar-refractivity contribution < 1.29 is 0 Å². The van der Waals surface area contributed by atoms with Gasteiger partial charge >= 0.3 is 0 Å². The van der Waals surface area contributed by atoms with Crippen molar-refractivity contribution in [3.8, 4) is 0 Å². The third kappa shape index (κ3) is 2.68. The molecule has 0 aliphatic rings. The van der Waals surface area contributed by atoms with Crippen molar-refractivity contribution in [3.05, 3.63) is 27.1 Å². The summed E-state index contributed by atoms with van der Waals surface area (Å²) in [5.74, 6) is 0.924. The lowest BCUT2D eigenvalue weighted by Crippen LogP contribution is -2.14. The van der Waals surface area contributed by atoms with Crippen LogP contribution in [0, 0.1) is 20.8 Å². The van der Waals surface area contributed by atoms with Gasteiger partial charge in [-0.15, -0.1) is 11.3 Å². The topological polar surface area (TPSA) is 55.9 Å². The molecule has 1 unspecified atom stereocenters. The lowest BCUT2D eigenvalue weighted by atomic mass is 10.1. The fourth-order valence-corrected chi connectivity index (χ4v) is 3.46. The van der Waals surface area contributed by atoms with E-state index < -0.39 is 0 Å². The number of hydrogen-bond donors (Lipinski definition) is 2. The number of aromatic nitrogens is 2. The Kier molecular flexibility index (Phi) is 4.09. The molecule has 110 valence electrons. The molecule has 0 fully saturated rings. The van der Waals surface area contributed by atoms with Gasteiger partial charge in [-0.1, -0.05) is 0 Å². The summed E-state index contributed by atoms with van der Waals surface area (Å²) in [6.07, 6.45) is 0. The molecule has 0 aliphatic carbocycles. The highest BCUT2D eigenvalue weighted by Gasteiger charge is 2.18. The van der Waals surface area contributed by atoms with Gasteiger partial charge in [0, 0.05) is 15.8 Å². The van der Waals surface area contributed by atoms with Crippen molar-refractivity contribution in [2.24, 2.45) is 0 Å². The van der Waals surface area contributed by atoms with E-state index in [1.807, 2.05) is 22.9 Å². The van der Waals surface area contributed by atoms with Crippen LogP contribution in [0.5, 0.6) is 0 Å². The summed E-state index contributed by atoms with van der Waals surface area (Å²) >= 11 is 1.83. The molecule has 20 heavy (non-hydrogen) atoms. The summed E-state index contributed by atoms with van der Waals surface area (Å²) in [7, 11) is 0. The summed E-state index contributed by atoms with van der Waals surface area (Å²) in [4.78, 5) is 2.70. The molecule has 2 rings (SSSR count). The molecule has 4 nitrogen and oxygen atoms in total. The average molecular weight is 292 g/mol. The van der Waals surface area contributed by atoms with Crippen LogP contribution < -0.4 is 11.1 Å². The van der Waals surface area contributed by atoms with Crippen molar-refractivity contribution in [2.75, 3.05) is 11.1 Å². The van der Waals surface area contributed by atoms with Gasteiger partial charge in [0.1, 0.15) is 5.82 Å². The van der Waals surface area contributed by atoms with E-state index in [9.17, 15) is 0 Å². The van der Waals surface area contributed by atoms with Crippen LogP contribution in [0.3, 0.4) is 0 Å². The van der Waals surface area contributed by atoms with Crippen LogP contribution in [0.1, 0.15) is 53.9 Å². The summed E-state index contributed by atoms with van der Waals surface area (Å²) in [5.41, 5.74) is 9.13. The lowest BCUT2D eigenvalue weighted by Gasteiger charge is -2.19. The second kappa shape index (κ2) is 5.48. The third-order valence-corrected chi connectivity index (χ3v) is 4.50. The molecule has 3 N–H and O–H groups in total. The van der Waals surface area contributed by atoms with Gasteiger partial charge in [0.05, 0.1) is 17.4 Å². The molecule has 0 radical (unpaired) electrons. The van der Waals surface area contributed by atoms with Gasteiger partial charge in [0.25, 0.3) is 0 Å². The largest absolute Gasteiger partial charge is 0.394 e. The van der Waals surface area contributed by atoms with E-state index in [1.54, 1.807) is 0 Å². The normalized spacial score (nSPS) is 12.9. The Hall–Kier alpha value is -1.49. The van der Waals surface area contributed by atoms with E-state index in [0.29, 0.717) is 0 Å². The average Bonchev–Trinajstić information content (AvgIpc) is 2.83. The van der Waals surface area contributed by atoms with Gasteiger partial charge < -0.3 is 11.1 Å². The molecule has 0 saturated carbocycles. The molecule has 0 spiro atoms. The summed E-state index contributed by atoms with van der Waals surface area (Å²) in [5, 5.41) is 8.05. The van der Waals surface area contributed by atoms with E-state index in [0.717, 1.165) is 17.2 Å². The number of nitrogens with one attached hydrogen (secondary N) is 1. The molecule has 2 heterocycles. The maximum absolute atomic E-state index is 6.17. The maximum atomic E-state index is 6.17. The highest BCUT2D eigenvalue weighted by atomic mass is 32.1. The van der Waals surface area contributed by atoms with E-state index in [2.05, 4.69) is 51.1 Å². The summed E-state index contributed by atoms with van der Waals surface area (Å²) in [6, 6.07) is 2.75. The standard InChI is InChI=1S/C15H24N4S/c1-8(2)19-15(14(16)11(5)18-19)17-10(4)13-7-9(3)20-12(13)6/h7-8,10,17H,16H2,1-6H3. The van der Waals surface area contributed by atoms with E-state index in [-0.39, 0.29) is 12.1 Å². The van der Waals surface area contributed by atoms with Crippen molar-refractivity contribution in [1.29, 1.82) is 0 Å². The quantitative estimate of drug-likeness (QED) is 0.887. The van der Waals surface area contributed by atoms with Crippen LogP contribution in [-0.2, 0) is 0 Å². The third-order valence-electron chi connectivity index (χ3n) is 3.52. The fraction of sp³-hybridized carbons (Fsp3) is 0.533. The predicted molar refractivity (Wildman–Crippen MR) is 87.6 cm³/mol. The molecular formula is C15H24N4S. The smallest absolute Gasteiger partial charge is 0.148 e. The minimum atomic E-state index is 0.218. The highest BCUT2D eigenvalue weighted by Crippen LogP contribution is 2.32. The molecule has 0 aromatic carbocycles. The van der Waals surface area contributed by atoms with Crippen molar-refractivity contribution in [2.45, 2.75) is 53.6 Å². The van der Waals surface area contributed by atoms with Crippen molar-refractivity contribution in [3.63, 3.8) is 0 Å². The zero-order valence-electron chi connectivity index (χ0n) is 13.1. The first-order chi connectivity index (χ1) is 9.31. The number of nitrogens with zero attached hydrogens (tertiary/aromatic N) is 2. The fourth-order valence-electron chi connectivity index (χ4n) is 2.44. The Bertz CT molecular complexity index is 610. The Morgan fingerprint density at radius 1 is 1.25 bits per heavy atom. The van der Waals surface area contributed by atoms with E-state index in [4.69, 9.17) is 5.73 Å². The van der Waals surface area contributed by atoms with Crippen molar-refractivity contribution in [1.82, 2.24) is 9.78 Å². The van der Waals surface area contributed by atoms with Crippen LogP contribution >= 0.6 is 11.3 Å². The number of nitrogens with two attached hydrogens (primary N) is 1. The molecule has 5 heteroatoms. The SMILES string of the molecule is Cc1cc(C(C)Nc2c(N)c(C)nn2C(C)C)c(C)s1. The molecule has 2 aromatic heterocycles. The van der Waals surface area contributed by atoms with Gasteiger partial charge in [-0.05, 0) is 53.2 Å². The Labute approximate surface area is 125 Å². The number of nitrogen functional groups attached to an aromatic ring is 1. The zero-order valence-corrected chi connectivity index (χ0v) is 13.9.